The Labute approximate surface area is 131 Å². The molecule has 0 saturated heterocycles. The van der Waals surface area contributed by atoms with Crippen LogP contribution in [0, 0.1) is 6.92 Å². The number of unbranched alkanes of at least 4 members (excludes halogenated alkanes) is 3. The quantitative estimate of drug-likeness (QED) is 0.311. The monoisotopic (exact) mass is 306 g/mol. The van der Waals surface area contributed by atoms with Crippen molar-refractivity contribution in [3.63, 3.8) is 0 Å². The van der Waals surface area contributed by atoms with Crippen molar-refractivity contribution in [1.29, 1.82) is 0 Å². The molecule has 6 heteroatoms. The van der Waals surface area contributed by atoms with Crippen LogP contribution in [0.1, 0.15) is 31.2 Å². The minimum atomic E-state index is -0.377. The van der Waals surface area contributed by atoms with E-state index in [0.29, 0.717) is 26.2 Å². The SMILES string of the molecule is Cc1cc[n+](CCOC(=O)NCCCCCCN=C=O)cc1. The molecule has 0 bridgehead atoms. The molecule has 0 saturated carbocycles. The highest BCUT2D eigenvalue weighted by atomic mass is 16.5. The van der Waals surface area contributed by atoms with Crippen molar-refractivity contribution in [1.82, 2.24) is 5.32 Å². The van der Waals surface area contributed by atoms with Gasteiger partial charge in [-0.3, -0.25) is 0 Å². The second kappa shape index (κ2) is 11.5. The van der Waals surface area contributed by atoms with Gasteiger partial charge in [0, 0.05) is 18.7 Å². The number of carbonyl (C=O) groups excluding carboxylic acids is 2. The van der Waals surface area contributed by atoms with Gasteiger partial charge in [-0.05, 0) is 25.3 Å². The predicted molar refractivity (Wildman–Crippen MR) is 82.2 cm³/mol. The maximum atomic E-state index is 11.5. The van der Waals surface area contributed by atoms with Crippen LogP contribution in [0.3, 0.4) is 0 Å². The molecule has 0 aliphatic heterocycles. The van der Waals surface area contributed by atoms with E-state index >= 15 is 0 Å². The fraction of sp³-hybridized carbons (Fsp3) is 0.562. The van der Waals surface area contributed by atoms with Crippen LogP contribution < -0.4 is 9.88 Å². The maximum Gasteiger partial charge on any atom is 0.407 e. The van der Waals surface area contributed by atoms with Crippen LogP contribution in [-0.2, 0) is 16.1 Å². The summed E-state index contributed by atoms with van der Waals surface area (Å²) in [6.07, 6.45) is 8.83. The molecule has 0 spiro atoms. The molecule has 0 aliphatic rings. The first kappa shape index (κ1) is 17.9. The van der Waals surface area contributed by atoms with E-state index in [2.05, 4.69) is 10.3 Å². The molecule has 1 aromatic heterocycles. The molecule has 1 heterocycles. The van der Waals surface area contributed by atoms with Gasteiger partial charge in [-0.2, -0.15) is 0 Å². The number of nitrogens with zero attached hydrogens (tertiary/aromatic N) is 2. The van der Waals surface area contributed by atoms with Gasteiger partial charge in [-0.15, -0.1) is 0 Å². The molecular formula is C16H24N3O3+. The van der Waals surface area contributed by atoms with Crippen LogP contribution in [0.25, 0.3) is 0 Å². The summed E-state index contributed by atoms with van der Waals surface area (Å²) in [5.41, 5.74) is 1.20. The number of hydrogen-bond donors (Lipinski definition) is 1. The van der Waals surface area contributed by atoms with Gasteiger partial charge in [0.1, 0.15) is 0 Å². The van der Waals surface area contributed by atoms with Crippen molar-refractivity contribution < 1.29 is 18.9 Å². The highest BCUT2D eigenvalue weighted by Gasteiger charge is 2.04. The Morgan fingerprint density at radius 2 is 2.00 bits per heavy atom. The molecule has 1 aromatic rings. The molecule has 120 valence electrons. The lowest BCUT2D eigenvalue weighted by molar-refractivity contribution is -0.697. The number of nitrogens with one attached hydrogen (secondary N) is 1. The molecule has 22 heavy (non-hydrogen) atoms. The Bertz CT molecular complexity index is 482. The maximum absolute atomic E-state index is 11.5. The van der Waals surface area contributed by atoms with Gasteiger partial charge in [0.05, 0.1) is 6.54 Å². The third-order valence-corrected chi connectivity index (χ3v) is 3.17. The summed E-state index contributed by atoms with van der Waals surface area (Å²) in [7, 11) is 0. The average Bonchev–Trinajstić information content (AvgIpc) is 2.52. The highest BCUT2D eigenvalue weighted by Crippen LogP contribution is 1.98. The number of aryl methyl sites for hydroxylation is 1. The minimum Gasteiger partial charge on any atom is -0.443 e. The van der Waals surface area contributed by atoms with Crippen molar-refractivity contribution >= 4 is 12.2 Å². The van der Waals surface area contributed by atoms with Gasteiger partial charge < -0.3 is 10.1 Å². The van der Waals surface area contributed by atoms with Gasteiger partial charge in [0.15, 0.2) is 25.5 Å². The molecule has 1 N–H and O–H groups in total. The zero-order chi connectivity index (χ0) is 16.0. The number of isocyanates is 1. The first-order valence-corrected chi connectivity index (χ1v) is 7.62. The van der Waals surface area contributed by atoms with Crippen molar-refractivity contribution in [2.45, 2.75) is 39.2 Å². The zero-order valence-corrected chi connectivity index (χ0v) is 13.1. The van der Waals surface area contributed by atoms with Gasteiger partial charge in [0.2, 0.25) is 6.08 Å². The lowest BCUT2D eigenvalue weighted by Crippen LogP contribution is -2.36. The fourth-order valence-electron chi connectivity index (χ4n) is 1.88. The first-order valence-electron chi connectivity index (χ1n) is 7.62. The van der Waals surface area contributed by atoms with Crippen LogP contribution in [-0.4, -0.2) is 31.9 Å². The molecule has 0 unspecified atom stereocenters. The van der Waals surface area contributed by atoms with E-state index in [4.69, 9.17) is 4.74 Å². The Hall–Kier alpha value is -2.20. The highest BCUT2D eigenvalue weighted by molar-refractivity contribution is 5.66. The van der Waals surface area contributed by atoms with Gasteiger partial charge in [-0.1, -0.05) is 12.8 Å². The Kier molecular flexibility index (Phi) is 9.30. The largest absolute Gasteiger partial charge is 0.443 e. The first-order chi connectivity index (χ1) is 10.7. The summed E-state index contributed by atoms with van der Waals surface area (Å²) in [4.78, 5) is 24.8. The standard InChI is InChI=1S/C16H23N3O3/c1-15-6-10-19(11-7-15)12-13-22-16(21)18-9-5-3-2-4-8-17-14-20/h6-7,10-11H,2-5,8-9,12-13H2,1H3/p+1. The number of hydrogen-bond acceptors (Lipinski definition) is 4. The van der Waals surface area contributed by atoms with Crippen molar-refractivity contribution in [2.24, 2.45) is 4.99 Å². The van der Waals surface area contributed by atoms with Crippen molar-refractivity contribution in [3.05, 3.63) is 30.1 Å². The number of aromatic nitrogens is 1. The number of ether oxygens (including phenoxy) is 1. The van der Waals surface area contributed by atoms with Gasteiger partial charge in [-0.25, -0.2) is 19.1 Å². The number of amides is 1. The van der Waals surface area contributed by atoms with E-state index < -0.39 is 0 Å². The Balaban J connectivity index is 1.97. The topological polar surface area (TPSA) is 71.6 Å². The van der Waals surface area contributed by atoms with Crippen LogP contribution in [0.4, 0.5) is 4.79 Å². The summed E-state index contributed by atoms with van der Waals surface area (Å²) >= 11 is 0. The van der Waals surface area contributed by atoms with E-state index in [9.17, 15) is 9.59 Å². The van der Waals surface area contributed by atoms with Gasteiger partial charge >= 0.3 is 6.09 Å². The molecule has 0 aromatic carbocycles. The van der Waals surface area contributed by atoms with E-state index in [0.717, 1.165) is 25.7 Å². The lowest BCUT2D eigenvalue weighted by atomic mass is 10.2. The van der Waals surface area contributed by atoms with E-state index in [1.54, 1.807) is 0 Å². The summed E-state index contributed by atoms with van der Waals surface area (Å²) in [6.45, 7) is 4.17. The molecule has 1 amide bonds. The van der Waals surface area contributed by atoms with Crippen LogP contribution >= 0.6 is 0 Å². The van der Waals surface area contributed by atoms with E-state index in [1.807, 2.05) is 36.0 Å². The summed E-state index contributed by atoms with van der Waals surface area (Å²) < 4.78 is 7.08. The number of aliphatic imine (C=N–C) groups is 1. The molecule has 0 fully saturated rings. The second-order valence-electron chi connectivity index (χ2n) is 5.06. The smallest absolute Gasteiger partial charge is 0.407 e. The fourth-order valence-corrected chi connectivity index (χ4v) is 1.88. The summed E-state index contributed by atoms with van der Waals surface area (Å²) in [6, 6.07) is 4.03. The molecule has 0 radical (unpaired) electrons. The van der Waals surface area contributed by atoms with Crippen LogP contribution in [0.15, 0.2) is 29.5 Å². The summed E-state index contributed by atoms with van der Waals surface area (Å²) in [5.74, 6) is 0. The predicted octanol–water partition coefficient (Wildman–Crippen LogP) is 1.90. The number of alkyl carbamates (subject to hydrolysis) is 1. The molecular weight excluding hydrogens is 282 g/mol. The van der Waals surface area contributed by atoms with Crippen molar-refractivity contribution in [2.75, 3.05) is 19.7 Å². The van der Waals surface area contributed by atoms with Crippen LogP contribution in [0.5, 0.6) is 0 Å². The molecule has 1 rings (SSSR count). The lowest BCUT2D eigenvalue weighted by Gasteiger charge is -2.05. The Morgan fingerprint density at radius 1 is 1.27 bits per heavy atom. The second-order valence-corrected chi connectivity index (χ2v) is 5.06. The summed E-state index contributed by atoms with van der Waals surface area (Å²) in [5, 5.41) is 2.72. The third-order valence-electron chi connectivity index (χ3n) is 3.17. The number of carbonyl (C=O) groups is 1. The van der Waals surface area contributed by atoms with E-state index in [1.165, 1.54) is 11.6 Å². The molecule has 6 nitrogen and oxygen atoms in total. The van der Waals surface area contributed by atoms with Crippen LogP contribution in [0.2, 0.25) is 0 Å². The van der Waals surface area contributed by atoms with Gasteiger partial charge in [0.25, 0.3) is 0 Å². The van der Waals surface area contributed by atoms with Crippen molar-refractivity contribution in [3.8, 4) is 0 Å². The normalized spacial score (nSPS) is 9.86. The Morgan fingerprint density at radius 3 is 2.73 bits per heavy atom. The molecule has 0 atom stereocenters. The molecule has 0 aliphatic carbocycles. The number of pyridine rings is 1. The number of rotatable bonds is 10. The zero-order valence-electron chi connectivity index (χ0n) is 13.1. The average molecular weight is 306 g/mol. The minimum absolute atomic E-state index is 0.350. The van der Waals surface area contributed by atoms with E-state index in [-0.39, 0.29) is 6.09 Å². The third kappa shape index (κ3) is 8.87.